The van der Waals surface area contributed by atoms with E-state index >= 15 is 0 Å². The molecule has 2 atom stereocenters. The molecule has 0 radical (unpaired) electrons. The van der Waals surface area contributed by atoms with Crippen LogP contribution in [0.4, 0.5) is 0 Å². The molecule has 1 heterocycles. The summed E-state index contributed by atoms with van der Waals surface area (Å²) in [5, 5.41) is 8.65. The molecule has 8 heteroatoms. The van der Waals surface area contributed by atoms with Gasteiger partial charge in [0.25, 0.3) is 0 Å². The van der Waals surface area contributed by atoms with Crippen LogP contribution in [0.25, 0.3) is 0 Å². The molecule has 1 aromatic heterocycles. The van der Waals surface area contributed by atoms with Gasteiger partial charge < -0.3 is 0 Å². The lowest BCUT2D eigenvalue weighted by molar-refractivity contribution is 0.619. The van der Waals surface area contributed by atoms with Crippen molar-refractivity contribution < 1.29 is 4.21 Å². The summed E-state index contributed by atoms with van der Waals surface area (Å²) in [5.41, 5.74) is 1.80. The van der Waals surface area contributed by atoms with Gasteiger partial charge in [-0.3, -0.25) is 4.68 Å². The van der Waals surface area contributed by atoms with E-state index in [0.29, 0.717) is 0 Å². The van der Waals surface area contributed by atoms with Gasteiger partial charge in [0.05, 0.1) is 36.0 Å². The Hall–Kier alpha value is -0.833. The Morgan fingerprint density at radius 2 is 1.84 bits per heavy atom. The normalized spacial score (nSPS) is 15.2. The molecule has 0 saturated carbocycles. The maximum Gasteiger partial charge on any atom is 0.105 e. The quantitative estimate of drug-likeness (QED) is 0.685. The molecule has 0 saturated heterocycles. The van der Waals surface area contributed by atoms with Crippen molar-refractivity contribution in [3.8, 4) is 0 Å². The number of halogens is 1. The summed E-state index contributed by atoms with van der Waals surface area (Å²) in [6, 6.07) is 7.73. The highest BCUT2D eigenvalue weighted by molar-refractivity contribution is 9.10. The van der Waals surface area contributed by atoms with E-state index in [4.69, 9.17) is 0 Å². The molecule has 0 fully saturated rings. The van der Waals surface area contributed by atoms with Crippen molar-refractivity contribution in [3.63, 3.8) is 0 Å². The highest BCUT2D eigenvalue weighted by Crippen LogP contribution is 2.24. The smallest absolute Gasteiger partial charge is 0.105 e. The first-order chi connectivity index (χ1) is 11.5. The van der Waals surface area contributed by atoms with E-state index in [-0.39, 0.29) is 10.8 Å². The molecular formula is C17H27BrN4OSSi. The molecule has 0 aliphatic carbocycles. The molecule has 2 unspecified atom stereocenters. The molecule has 0 aliphatic rings. The van der Waals surface area contributed by atoms with Crippen LogP contribution in [0, 0.1) is 0 Å². The van der Waals surface area contributed by atoms with E-state index < -0.39 is 19.1 Å². The van der Waals surface area contributed by atoms with Gasteiger partial charge in [-0.15, -0.1) is 5.10 Å². The zero-order chi connectivity index (χ0) is 18.8. The number of hydrogen-bond donors (Lipinski definition) is 1. The van der Waals surface area contributed by atoms with Gasteiger partial charge in [0, 0.05) is 10.6 Å². The predicted molar refractivity (Wildman–Crippen MR) is 110 cm³/mol. The van der Waals surface area contributed by atoms with Crippen LogP contribution in [-0.4, -0.2) is 32.0 Å². The van der Waals surface area contributed by atoms with Crippen molar-refractivity contribution >= 4 is 35.0 Å². The third-order valence-electron chi connectivity index (χ3n) is 3.47. The molecule has 2 rings (SSSR count). The average molecular weight is 443 g/mol. The monoisotopic (exact) mass is 442 g/mol. The summed E-state index contributed by atoms with van der Waals surface area (Å²) in [4.78, 5) is 0. The fourth-order valence-corrected chi connectivity index (χ4v) is 4.46. The maximum absolute atomic E-state index is 12.7. The average Bonchev–Trinajstić information content (AvgIpc) is 2.90. The minimum atomic E-state index is -1.29. The third-order valence-corrected chi connectivity index (χ3v) is 6.84. The first-order valence-corrected chi connectivity index (χ1v) is 13.9. The second kappa shape index (κ2) is 7.81. The van der Waals surface area contributed by atoms with Crippen LogP contribution in [-0.2, 0) is 17.2 Å². The summed E-state index contributed by atoms with van der Waals surface area (Å²) in [6.45, 7) is 12.8. The summed E-state index contributed by atoms with van der Waals surface area (Å²) in [7, 11) is -2.51. The van der Waals surface area contributed by atoms with Gasteiger partial charge in [-0.05, 0) is 38.5 Å². The molecule has 138 valence electrons. The first kappa shape index (κ1) is 20.5. The van der Waals surface area contributed by atoms with Crippen LogP contribution in [0.15, 0.2) is 34.9 Å². The number of nitrogens with one attached hydrogen (secondary N) is 1. The van der Waals surface area contributed by atoms with E-state index in [0.717, 1.165) is 21.9 Å². The van der Waals surface area contributed by atoms with Crippen molar-refractivity contribution in [3.05, 3.63) is 46.2 Å². The zero-order valence-corrected chi connectivity index (χ0v) is 19.1. The lowest BCUT2D eigenvalue weighted by Gasteiger charge is -2.23. The Balaban J connectivity index is 2.34. The minimum Gasteiger partial charge on any atom is -0.255 e. The number of benzene rings is 1. The van der Waals surface area contributed by atoms with Gasteiger partial charge >= 0.3 is 0 Å². The standard InChI is InChI=1S/C17H27BrN4OSSi/c1-17(2,3)24(23)20-16(13-7-9-14(18)10-8-13)15-11-22(21-19-15)12-25(4,5)6/h7-11,16,20H,12H2,1-6H3. The molecule has 1 N–H and O–H groups in total. The molecule has 2 aromatic rings. The minimum absolute atomic E-state index is 0.261. The zero-order valence-electron chi connectivity index (χ0n) is 15.7. The number of nitrogens with zero attached hydrogens (tertiary/aromatic N) is 3. The van der Waals surface area contributed by atoms with Crippen molar-refractivity contribution in [2.75, 3.05) is 0 Å². The summed E-state index contributed by atoms with van der Waals surface area (Å²) >= 11 is 3.46. The number of rotatable bonds is 6. The van der Waals surface area contributed by atoms with E-state index in [9.17, 15) is 4.21 Å². The fraction of sp³-hybridized carbons (Fsp3) is 0.529. The Labute approximate surface area is 162 Å². The van der Waals surface area contributed by atoms with Crippen molar-refractivity contribution in [2.45, 2.75) is 57.4 Å². The van der Waals surface area contributed by atoms with Gasteiger partial charge in [0.1, 0.15) is 5.69 Å². The molecule has 0 spiro atoms. The van der Waals surface area contributed by atoms with E-state index in [1.165, 1.54) is 0 Å². The van der Waals surface area contributed by atoms with Crippen LogP contribution in [0.1, 0.15) is 38.1 Å². The second-order valence-electron chi connectivity index (χ2n) is 8.39. The van der Waals surface area contributed by atoms with Crippen molar-refractivity contribution in [1.82, 2.24) is 19.7 Å². The molecule has 5 nitrogen and oxygen atoms in total. The molecule has 0 amide bonds. The summed E-state index contributed by atoms with van der Waals surface area (Å²) in [5.74, 6) is 0. The summed E-state index contributed by atoms with van der Waals surface area (Å²) in [6.07, 6.45) is 2.88. The number of hydrogen-bond acceptors (Lipinski definition) is 3. The molecule has 0 aliphatic heterocycles. The third kappa shape index (κ3) is 6.12. The van der Waals surface area contributed by atoms with E-state index in [1.54, 1.807) is 0 Å². The molecule has 1 aromatic carbocycles. The fourth-order valence-electron chi connectivity index (χ4n) is 2.25. The highest BCUT2D eigenvalue weighted by Gasteiger charge is 2.27. The summed E-state index contributed by atoms with van der Waals surface area (Å²) < 4.78 is 18.5. The van der Waals surface area contributed by atoms with Crippen LogP contribution >= 0.6 is 15.9 Å². The van der Waals surface area contributed by atoms with Crippen molar-refractivity contribution in [2.24, 2.45) is 0 Å². The Morgan fingerprint density at radius 1 is 1.24 bits per heavy atom. The predicted octanol–water partition coefficient (Wildman–Crippen LogP) is 4.06. The van der Waals surface area contributed by atoms with E-state index in [1.807, 2.05) is 55.9 Å². The maximum atomic E-state index is 12.7. The van der Waals surface area contributed by atoms with E-state index in [2.05, 4.69) is 50.6 Å². The topological polar surface area (TPSA) is 59.8 Å². The Bertz CT molecular complexity index is 734. The molecular weight excluding hydrogens is 416 g/mol. The van der Waals surface area contributed by atoms with Crippen molar-refractivity contribution in [1.29, 1.82) is 0 Å². The van der Waals surface area contributed by atoms with Gasteiger partial charge in [0.2, 0.25) is 0 Å². The van der Waals surface area contributed by atoms with Crippen LogP contribution in [0.5, 0.6) is 0 Å². The van der Waals surface area contributed by atoms with Gasteiger partial charge in [-0.2, -0.15) is 0 Å². The Morgan fingerprint density at radius 3 is 2.36 bits per heavy atom. The lowest BCUT2D eigenvalue weighted by Crippen LogP contribution is -2.36. The molecule has 0 bridgehead atoms. The first-order valence-electron chi connectivity index (χ1n) is 8.29. The van der Waals surface area contributed by atoms with Gasteiger partial charge in [-0.25, -0.2) is 8.93 Å². The van der Waals surface area contributed by atoms with Gasteiger partial charge in [-0.1, -0.05) is 52.9 Å². The highest BCUT2D eigenvalue weighted by atomic mass is 79.9. The van der Waals surface area contributed by atoms with Gasteiger partial charge in [0.15, 0.2) is 0 Å². The lowest BCUT2D eigenvalue weighted by atomic mass is 10.1. The van der Waals surface area contributed by atoms with Crippen LogP contribution in [0.2, 0.25) is 19.6 Å². The largest absolute Gasteiger partial charge is 0.255 e. The van der Waals surface area contributed by atoms with Crippen LogP contribution in [0.3, 0.4) is 0 Å². The van der Waals surface area contributed by atoms with Crippen LogP contribution < -0.4 is 4.72 Å². The SMILES string of the molecule is CC(C)(C)S(=O)NC(c1ccc(Br)cc1)c1cn(C[Si](C)(C)C)nn1. The molecule has 25 heavy (non-hydrogen) atoms. The Kier molecular flexibility index (Phi) is 6.40. The second-order valence-corrected chi connectivity index (χ2v) is 16.7. The number of aromatic nitrogens is 3.